The van der Waals surface area contributed by atoms with Crippen LogP contribution in [-0.4, -0.2) is 35.4 Å². The lowest BCUT2D eigenvalue weighted by atomic mass is 10.1. The van der Waals surface area contributed by atoms with Crippen molar-refractivity contribution in [3.63, 3.8) is 0 Å². The fraction of sp³-hybridized carbons (Fsp3) is 0.500. The SMILES string of the molecule is CC(C)(C)OC(=O)NC1Cc2ccc(OCC(=O)O)cc2C1. The van der Waals surface area contributed by atoms with Crippen LogP contribution in [-0.2, 0) is 22.4 Å². The van der Waals surface area contributed by atoms with Crippen LogP contribution >= 0.6 is 0 Å². The smallest absolute Gasteiger partial charge is 0.407 e. The molecule has 1 amide bonds. The number of carboxylic acid groups (broad SMARTS) is 1. The Balaban J connectivity index is 1.92. The minimum absolute atomic E-state index is 0.0143. The van der Waals surface area contributed by atoms with Crippen LogP contribution in [0.25, 0.3) is 0 Å². The zero-order valence-corrected chi connectivity index (χ0v) is 13.0. The summed E-state index contributed by atoms with van der Waals surface area (Å²) in [6.07, 6.45) is 0.986. The van der Waals surface area contributed by atoms with Crippen LogP contribution in [0.15, 0.2) is 18.2 Å². The van der Waals surface area contributed by atoms with Gasteiger partial charge in [0.2, 0.25) is 0 Å². The van der Waals surface area contributed by atoms with Crippen molar-refractivity contribution in [3.05, 3.63) is 29.3 Å². The van der Waals surface area contributed by atoms with Gasteiger partial charge in [-0.25, -0.2) is 9.59 Å². The Bertz CT molecular complexity index is 576. The van der Waals surface area contributed by atoms with Crippen LogP contribution in [0.3, 0.4) is 0 Å². The monoisotopic (exact) mass is 307 g/mol. The van der Waals surface area contributed by atoms with Crippen molar-refractivity contribution in [3.8, 4) is 5.75 Å². The number of fused-ring (bicyclic) bond motifs is 1. The van der Waals surface area contributed by atoms with E-state index in [2.05, 4.69) is 5.32 Å². The molecule has 0 spiro atoms. The second-order valence-electron chi connectivity index (χ2n) is 6.36. The standard InChI is InChI=1S/C16H21NO5/c1-16(2,3)22-15(20)17-12-6-10-4-5-13(8-11(10)7-12)21-9-14(18)19/h4-5,8,12H,6-7,9H2,1-3H3,(H,17,20)(H,18,19). The molecule has 1 atom stereocenters. The first-order chi connectivity index (χ1) is 10.2. The summed E-state index contributed by atoms with van der Waals surface area (Å²) in [6, 6.07) is 5.47. The number of amides is 1. The molecule has 1 aromatic rings. The molecule has 1 aliphatic rings. The van der Waals surface area contributed by atoms with Crippen molar-refractivity contribution in [2.45, 2.75) is 45.3 Å². The number of alkyl carbamates (subject to hydrolysis) is 1. The van der Waals surface area contributed by atoms with Gasteiger partial charge in [-0.1, -0.05) is 6.07 Å². The van der Waals surface area contributed by atoms with Crippen molar-refractivity contribution in [2.75, 3.05) is 6.61 Å². The molecular weight excluding hydrogens is 286 g/mol. The molecule has 2 rings (SSSR count). The predicted octanol–water partition coefficient (Wildman–Crippen LogP) is 2.14. The van der Waals surface area contributed by atoms with E-state index in [1.165, 1.54) is 0 Å². The highest BCUT2D eigenvalue weighted by Crippen LogP contribution is 2.26. The lowest BCUT2D eigenvalue weighted by Gasteiger charge is -2.21. The molecule has 2 N–H and O–H groups in total. The summed E-state index contributed by atoms with van der Waals surface area (Å²) in [4.78, 5) is 22.3. The molecule has 0 saturated heterocycles. The molecule has 0 saturated carbocycles. The molecule has 22 heavy (non-hydrogen) atoms. The van der Waals surface area contributed by atoms with Crippen LogP contribution in [0, 0.1) is 0 Å². The molecule has 1 aromatic carbocycles. The Labute approximate surface area is 129 Å². The molecule has 120 valence electrons. The van der Waals surface area contributed by atoms with E-state index < -0.39 is 17.7 Å². The van der Waals surface area contributed by atoms with E-state index in [4.69, 9.17) is 14.6 Å². The predicted molar refractivity (Wildman–Crippen MR) is 80.1 cm³/mol. The number of carbonyl (C=O) groups excluding carboxylic acids is 1. The first kappa shape index (κ1) is 16.1. The highest BCUT2D eigenvalue weighted by molar-refractivity contribution is 5.69. The summed E-state index contributed by atoms with van der Waals surface area (Å²) in [5.41, 5.74) is 1.67. The third-order valence-electron chi connectivity index (χ3n) is 3.19. The minimum Gasteiger partial charge on any atom is -0.482 e. The van der Waals surface area contributed by atoms with Gasteiger partial charge in [-0.3, -0.25) is 0 Å². The molecule has 0 fully saturated rings. The number of benzene rings is 1. The summed E-state index contributed by atoms with van der Waals surface area (Å²) in [5.74, 6) is -0.482. The number of carboxylic acids is 1. The minimum atomic E-state index is -1.01. The molecule has 0 bridgehead atoms. The second-order valence-corrected chi connectivity index (χ2v) is 6.36. The average Bonchev–Trinajstić information content (AvgIpc) is 2.74. The molecule has 6 nitrogen and oxygen atoms in total. The first-order valence-electron chi connectivity index (χ1n) is 7.19. The molecule has 0 aromatic heterocycles. The summed E-state index contributed by atoms with van der Waals surface area (Å²) >= 11 is 0. The lowest BCUT2D eigenvalue weighted by molar-refractivity contribution is -0.139. The summed E-state index contributed by atoms with van der Waals surface area (Å²) in [5, 5.41) is 11.5. The van der Waals surface area contributed by atoms with E-state index in [0.29, 0.717) is 12.2 Å². The van der Waals surface area contributed by atoms with E-state index in [1.54, 1.807) is 6.07 Å². The zero-order chi connectivity index (χ0) is 16.3. The Morgan fingerprint density at radius 1 is 1.27 bits per heavy atom. The number of rotatable bonds is 4. The third kappa shape index (κ3) is 4.65. The average molecular weight is 307 g/mol. The quantitative estimate of drug-likeness (QED) is 0.890. The summed E-state index contributed by atoms with van der Waals surface area (Å²) in [7, 11) is 0. The van der Waals surface area contributed by atoms with Crippen molar-refractivity contribution >= 4 is 12.1 Å². The van der Waals surface area contributed by atoms with Crippen molar-refractivity contribution in [2.24, 2.45) is 0 Å². The van der Waals surface area contributed by atoms with Gasteiger partial charge in [-0.2, -0.15) is 0 Å². The van der Waals surface area contributed by atoms with Crippen molar-refractivity contribution in [1.82, 2.24) is 5.32 Å². The van der Waals surface area contributed by atoms with Gasteiger partial charge in [-0.15, -0.1) is 0 Å². The van der Waals surface area contributed by atoms with E-state index in [1.807, 2.05) is 32.9 Å². The normalized spacial score (nSPS) is 16.8. The van der Waals surface area contributed by atoms with Crippen LogP contribution in [0.5, 0.6) is 5.75 Å². The molecule has 0 heterocycles. The highest BCUT2D eigenvalue weighted by Gasteiger charge is 2.25. The Morgan fingerprint density at radius 3 is 2.59 bits per heavy atom. The molecular formula is C16H21NO5. The highest BCUT2D eigenvalue weighted by atomic mass is 16.6. The molecule has 0 aliphatic heterocycles. The Kier molecular flexibility index (Phi) is 4.59. The fourth-order valence-corrected chi connectivity index (χ4v) is 2.41. The van der Waals surface area contributed by atoms with E-state index in [9.17, 15) is 9.59 Å². The first-order valence-corrected chi connectivity index (χ1v) is 7.19. The largest absolute Gasteiger partial charge is 0.482 e. The fourth-order valence-electron chi connectivity index (χ4n) is 2.41. The number of nitrogens with one attached hydrogen (secondary N) is 1. The number of carbonyl (C=O) groups is 2. The zero-order valence-electron chi connectivity index (χ0n) is 13.0. The molecule has 1 aliphatic carbocycles. The number of ether oxygens (including phenoxy) is 2. The third-order valence-corrected chi connectivity index (χ3v) is 3.19. The van der Waals surface area contributed by atoms with Crippen molar-refractivity contribution in [1.29, 1.82) is 0 Å². The Hall–Kier alpha value is -2.24. The number of hydrogen-bond acceptors (Lipinski definition) is 4. The summed E-state index contributed by atoms with van der Waals surface area (Å²) < 4.78 is 10.4. The maximum atomic E-state index is 11.8. The van der Waals surface area contributed by atoms with Crippen LogP contribution < -0.4 is 10.1 Å². The van der Waals surface area contributed by atoms with Crippen LogP contribution in [0.1, 0.15) is 31.9 Å². The maximum absolute atomic E-state index is 11.8. The number of hydrogen-bond donors (Lipinski definition) is 2. The van der Waals surface area contributed by atoms with Gasteiger partial charge in [0.15, 0.2) is 6.61 Å². The van der Waals surface area contributed by atoms with Gasteiger partial charge in [0.25, 0.3) is 0 Å². The Morgan fingerprint density at radius 2 is 1.95 bits per heavy atom. The topological polar surface area (TPSA) is 84.9 Å². The second kappa shape index (κ2) is 6.25. The van der Waals surface area contributed by atoms with Gasteiger partial charge in [0.1, 0.15) is 11.4 Å². The van der Waals surface area contributed by atoms with Gasteiger partial charge < -0.3 is 19.9 Å². The van der Waals surface area contributed by atoms with E-state index >= 15 is 0 Å². The maximum Gasteiger partial charge on any atom is 0.407 e. The van der Waals surface area contributed by atoms with Crippen LogP contribution in [0.2, 0.25) is 0 Å². The lowest BCUT2D eigenvalue weighted by Crippen LogP contribution is -2.39. The van der Waals surface area contributed by atoms with E-state index in [0.717, 1.165) is 17.5 Å². The van der Waals surface area contributed by atoms with Crippen LogP contribution in [0.4, 0.5) is 4.79 Å². The number of aliphatic carboxylic acids is 1. The van der Waals surface area contributed by atoms with Gasteiger partial charge in [-0.05, 0) is 56.9 Å². The van der Waals surface area contributed by atoms with Crippen molar-refractivity contribution < 1.29 is 24.2 Å². The molecule has 1 unspecified atom stereocenters. The van der Waals surface area contributed by atoms with Gasteiger partial charge in [0, 0.05) is 6.04 Å². The molecule has 0 radical (unpaired) electrons. The van der Waals surface area contributed by atoms with E-state index in [-0.39, 0.29) is 12.6 Å². The van der Waals surface area contributed by atoms with Gasteiger partial charge in [0.05, 0.1) is 0 Å². The molecule has 6 heteroatoms. The van der Waals surface area contributed by atoms with Gasteiger partial charge >= 0.3 is 12.1 Å². The summed E-state index contributed by atoms with van der Waals surface area (Å²) in [6.45, 7) is 5.10.